The predicted octanol–water partition coefficient (Wildman–Crippen LogP) is 4.58. The Bertz CT molecular complexity index is 865. The van der Waals surface area contributed by atoms with Crippen LogP contribution in [0.5, 0.6) is 5.75 Å². The fourth-order valence-corrected chi connectivity index (χ4v) is 2.90. The van der Waals surface area contributed by atoms with Gasteiger partial charge in [-0.15, -0.1) is 0 Å². The molecule has 0 bridgehead atoms. The van der Waals surface area contributed by atoms with E-state index < -0.39 is 0 Å². The summed E-state index contributed by atoms with van der Waals surface area (Å²) in [5, 5.41) is 8.45. The van der Waals surface area contributed by atoms with Gasteiger partial charge in [0.15, 0.2) is 0 Å². The molecular formula is C20H18N2O2S. The minimum absolute atomic E-state index is 0.171. The number of ether oxygens (including phenoxy) is 1. The Labute approximate surface area is 151 Å². The molecule has 3 rings (SSSR count). The Morgan fingerprint density at radius 1 is 0.960 bits per heavy atom. The first-order valence-electron chi connectivity index (χ1n) is 7.73. The van der Waals surface area contributed by atoms with Gasteiger partial charge in [0.2, 0.25) is 0 Å². The molecule has 3 aromatic carbocycles. The molecule has 3 aromatic rings. The summed E-state index contributed by atoms with van der Waals surface area (Å²) < 4.78 is 5.28. The van der Waals surface area contributed by atoms with E-state index in [9.17, 15) is 4.79 Å². The topological polar surface area (TPSA) is 64.3 Å². The van der Waals surface area contributed by atoms with Crippen LogP contribution in [0.3, 0.4) is 0 Å². The molecule has 25 heavy (non-hydrogen) atoms. The van der Waals surface area contributed by atoms with Gasteiger partial charge in [0, 0.05) is 17.3 Å². The van der Waals surface area contributed by atoms with Crippen molar-refractivity contribution in [2.75, 3.05) is 12.4 Å². The third-order valence-corrected chi connectivity index (χ3v) is 4.39. The molecule has 0 atom stereocenters. The second-order valence-electron chi connectivity index (χ2n) is 5.38. The minimum atomic E-state index is -0.171. The largest absolute Gasteiger partial charge is 0.495 e. The molecule has 126 valence electrons. The summed E-state index contributed by atoms with van der Waals surface area (Å²) in [6, 6.07) is 22.9. The molecule has 0 aliphatic heterocycles. The van der Waals surface area contributed by atoms with Gasteiger partial charge in [-0.05, 0) is 47.3 Å². The molecule has 4 nitrogen and oxygen atoms in total. The smallest absolute Gasteiger partial charge is 0.255 e. The van der Waals surface area contributed by atoms with Crippen molar-refractivity contribution in [1.82, 2.24) is 0 Å². The Kier molecular flexibility index (Phi) is 5.38. The second-order valence-corrected chi connectivity index (χ2v) is 6.06. The van der Waals surface area contributed by atoms with Crippen LogP contribution < -0.4 is 15.2 Å². The summed E-state index contributed by atoms with van der Waals surface area (Å²) in [6.07, 6.45) is 0. The molecule has 0 aromatic heterocycles. The molecule has 5 heteroatoms. The van der Waals surface area contributed by atoms with Crippen LogP contribution in [0.2, 0.25) is 0 Å². The summed E-state index contributed by atoms with van der Waals surface area (Å²) in [6.45, 7) is 0. The van der Waals surface area contributed by atoms with Crippen LogP contribution in [0.15, 0.2) is 77.7 Å². The number of carbonyl (C=O) groups excluding carboxylic acids is 1. The van der Waals surface area contributed by atoms with Gasteiger partial charge in [-0.1, -0.05) is 42.5 Å². The monoisotopic (exact) mass is 350 g/mol. The van der Waals surface area contributed by atoms with Gasteiger partial charge in [0.1, 0.15) is 5.75 Å². The maximum absolute atomic E-state index is 12.4. The summed E-state index contributed by atoms with van der Waals surface area (Å²) in [7, 11) is 1.57. The normalized spacial score (nSPS) is 10.3. The third-order valence-electron chi connectivity index (χ3n) is 3.80. The number of anilines is 1. The summed E-state index contributed by atoms with van der Waals surface area (Å²) in [5.41, 5.74) is 3.44. The Morgan fingerprint density at radius 2 is 1.64 bits per heavy atom. The summed E-state index contributed by atoms with van der Waals surface area (Å²) in [5.74, 6) is 0.458. The molecule has 0 saturated carbocycles. The van der Waals surface area contributed by atoms with Crippen LogP contribution in [0.4, 0.5) is 5.69 Å². The summed E-state index contributed by atoms with van der Waals surface area (Å²) >= 11 is 1.11. The first-order valence-corrected chi connectivity index (χ1v) is 8.61. The van der Waals surface area contributed by atoms with E-state index in [1.807, 2.05) is 60.7 Å². The van der Waals surface area contributed by atoms with E-state index in [0.29, 0.717) is 17.0 Å². The average molecular weight is 350 g/mol. The quantitative estimate of drug-likeness (QED) is 0.661. The van der Waals surface area contributed by atoms with Crippen molar-refractivity contribution in [2.24, 2.45) is 5.14 Å². The number of methoxy groups -OCH3 is 1. The number of hydrogen-bond donors (Lipinski definition) is 2. The van der Waals surface area contributed by atoms with E-state index in [4.69, 9.17) is 9.88 Å². The number of carbonyl (C=O) groups is 1. The number of nitrogens with one attached hydrogen (secondary N) is 1. The molecular weight excluding hydrogens is 332 g/mol. The van der Waals surface area contributed by atoms with E-state index in [1.54, 1.807) is 19.2 Å². The first kappa shape index (κ1) is 17.1. The van der Waals surface area contributed by atoms with Crippen molar-refractivity contribution in [3.8, 4) is 16.9 Å². The molecule has 0 aliphatic rings. The average Bonchev–Trinajstić information content (AvgIpc) is 2.68. The van der Waals surface area contributed by atoms with Gasteiger partial charge in [-0.2, -0.15) is 0 Å². The van der Waals surface area contributed by atoms with Crippen molar-refractivity contribution in [3.05, 3.63) is 78.4 Å². The van der Waals surface area contributed by atoms with Gasteiger partial charge in [0.05, 0.1) is 12.0 Å². The van der Waals surface area contributed by atoms with E-state index in [2.05, 4.69) is 5.32 Å². The van der Waals surface area contributed by atoms with Crippen LogP contribution in [0.1, 0.15) is 10.4 Å². The van der Waals surface area contributed by atoms with E-state index in [0.717, 1.165) is 28.0 Å². The van der Waals surface area contributed by atoms with E-state index in [1.165, 1.54) is 0 Å². The molecule has 0 aliphatic carbocycles. The number of nitrogens with two attached hydrogens (primary N) is 1. The molecule has 0 fully saturated rings. The standard InChI is InChI=1S/C20H18N2O2S/c1-24-18-13-17(11-12-19(18)25-21)22-20(23)16-9-7-15(8-10-16)14-5-3-2-4-6-14/h2-13H,21H2,1H3,(H,22,23). The van der Waals surface area contributed by atoms with Crippen LogP contribution in [0, 0.1) is 0 Å². The predicted molar refractivity (Wildman–Crippen MR) is 103 cm³/mol. The fourth-order valence-electron chi connectivity index (χ4n) is 2.49. The molecule has 0 unspecified atom stereocenters. The second kappa shape index (κ2) is 7.88. The van der Waals surface area contributed by atoms with Crippen molar-refractivity contribution in [2.45, 2.75) is 4.90 Å². The van der Waals surface area contributed by atoms with Crippen molar-refractivity contribution in [1.29, 1.82) is 0 Å². The third kappa shape index (κ3) is 4.02. The lowest BCUT2D eigenvalue weighted by Crippen LogP contribution is -2.11. The highest BCUT2D eigenvalue weighted by Gasteiger charge is 2.09. The maximum Gasteiger partial charge on any atom is 0.255 e. The SMILES string of the molecule is COc1cc(NC(=O)c2ccc(-c3ccccc3)cc2)ccc1SN. The highest BCUT2D eigenvalue weighted by molar-refractivity contribution is 7.97. The lowest BCUT2D eigenvalue weighted by Gasteiger charge is -2.10. The molecule has 0 radical (unpaired) electrons. The zero-order valence-corrected chi connectivity index (χ0v) is 14.5. The Balaban J connectivity index is 1.75. The molecule has 1 amide bonds. The van der Waals surface area contributed by atoms with Gasteiger partial charge >= 0.3 is 0 Å². The van der Waals surface area contributed by atoms with Crippen molar-refractivity contribution in [3.63, 3.8) is 0 Å². The van der Waals surface area contributed by atoms with E-state index in [-0.39, 0.29) is 5.91 Å². The van der Waals surface area contributed by atoms with Crippen LogP contribution in [-0.2, 0) is 0 Å². The zero-order chi connectivity index (χ0) is 17.6. The van der Waals surface area contributed by atoms with Crippen LogP contribution in [0.25, 0.3) is 11.1 Å². The lowest BCUT2D eigenvalue weighted by molar-refractivity contribution is 0.102. The number of amides is 1. The highest BCUT2D eigenvalue weighted by Crippen LogP contribution is 2.29. The maximum atomic E-state index is 12.4. The van der Waals surface area contributed by atoms with Gasteiger partial charge in [-0.3, -0.25) is 9.93 Å². The van der Waals surface area contributed by atoms with Gasteiger partial charge in [-0.25, -0.2) is 0 Å². The van der Waals surface area contributed by atoms with Crippen molar-refractivity contribution >= 4 is 23.5 Å². The molecule has 0 spiro atoms. The number of rotatable bonds is 5. The van der Waals surface area contributed by atoms with Crippen LogP contribution in [-0.4, -0.2) is 13.0 Å². The highest BCUT2D eigenvalue weighted by atomic mass is 32.2. The van der Waals surface area contributed by atoms with Crippen LogP contribution >= 0.6 is 11.9 Å². The van der Waals surface area contributed by atoms with Crippen molar-refractivity contribution < 1.29 is 9.53 Å². The van der Waals surface area contributed by atoms with Gasteiger partial charge in [0.25, 0.3) is 5.91 Å². The Hall–Kier alpha value is -2.76. The van der Waals surface area contributed by atoms with E-state index >= 15 is 0 Å². The first-order chi connectivity index (χ1) is 12.2. The number of benzene rings is 3. The summed E-state index contributed by atoms with van der Waals surface area (Å²) in [4.78, 5) is 13.2. The lowest BCUT2D eigenvalue weighted by atomic mass is 10.0. The molecule has 0 saturated heterocycles. The minimum Gasteiger partial charge on any atom is -0.495 e. The molecule has 3 N–H and O–H groups in total. The zero-order valence-electron chi connectivity index (χ0n) is 13.7. The fraction of sp³-hybridized carbons (Fsp3) is 0.0500. The van der Waals surface area contributed by atoms with Gasteiger partial charge < -0.3 is 10.1 Å². The Morgan fingerprint density at radius 3 is 2.28 bits per heavy atom. The molecule has 0 heterocycles. The number of hydrogen-bond acceptors (Lipinski definition) is 4.